The lowest BCUT2D eigenvalue weighted by molar-refractivity contribution is 0.310. The molecular formula is C14H19N3O. The molecule has 2 aromatic rings. The van der Waals surface area contributed by atoms with Gasteiger partial charge >= 0.3 is 0 Å². The van der Waals surface area contributed by atoms with Crippen molar-refractivity contribution in [3.63, 3.8) is 0 Å². The van der Waals surface area contributed by atoms with Gasteiger partial charge in [0.25, 0.3) is 0 Å². The third-order valence-electron chi connectivity index (χ3n) is 2.66. The molecule has 0 atom stereocenters. The summed E-state index contributed by atoms with van der Waals surface area (Å²) in [5, 5.41) is 3.97. The van der Waals surface area contributed by atoms with E-state index in [1.54, 1.807) is 0 Å². The van der Waals surface area contributed by atoms with Crippen molar-refractivity contribution >= 4 is 0 Å². The summed E-state index contributed by atoms with van der Waals surface area (Å²) < 4.78 is 5.18. The average Bonchev–Trinajstić information content (AvgIpc) is 2.63. The Morgan fingerprint density at radius 1 is 1.17 bits per heavy atom. The zero-order chi connectivity index (χ0) is 13.3. The maximum Gasteiger partial charge on any atom is 0.246 e. The molecule has 0 saturated heterocycles. The number of rotatable bonds is 3. The van der Waals surface area contributed by atoms with Gasteiger partial charge in [0.1, 0.15) is 0 Å². The van der Waals surface area contributed by atoms with Gasteiger partial charge < -0.3 is 10.3 Å². The topological polar surface area (TPSA) is 64.9 Å². The first-order valence-corrected chi connectivity index (χ1v) is 6.04. The fourth-order valence-electron chi connectivity index (χ4n) is 1.94. The van der Waals surface area contributed by atoms with Crippen LogP contribution in [0.25, 0.3) is 0 Å². The average molecular weight is 245 g/mol. The van der Waals surface area contributed by atoms with Crippen LogP contribution in [0.4, 0.5) is 0 Å². The van der Waals surface area contributed by atoms with Crippen LogP contribution >= 0.6 is 0 Å². The number of nitrogens with zero attached hydrogens (tertiary/aromatic N) is 2. The lowest BCUT2D eigenvalue weighted by Crippen LogP contribution is -2.29. The highest BCUT2D eigenvalue weighted by atomic mass is 16.5. The Hall–Kier alpha value is -1.68. The first-order valence-electron chi connectivity index (χ1n) is 6.04. The Kier molecular flexibility index (Phi) is 3.22. The second kappa shape index (κ2) is 4.53. The van der Waals surface area contributed by atoms with Gasteiger partial charge in [0.15, 0.2) is 5.82 Å². The van der Waals surface area contributed by atoms with E-state index in [0.717, 1.165) is 0 Å². The van der Waals surface area contributed by atoms with Gasteiger partial charge in [-0.25, -0.2) is 0 Å². The van der Waals surface area contributed by atoms with E-state index in [1.807, 2.05) is 13.8 Å². The van der Waals surface area contributed by atoms with Crippen LogP contribution < -0.4 is 5.73 Å². The van der Waals surface area contributed by atoms with E-state index in [2.05, 4.69) is 42.2 Å². The molecule has 0 aliphatic carbocycles. The lowest BCUT2D eigenvalue weighted by atomic mass is 10.0. The molecule has 0 fully saturated rings. The first-order chi connectivity index (χ1) is 8.34. The van der Waals surface area contributed by atoms with Gasteiger partial charge in [-0.15, -0.1) is 0 Å². The molecule has 1 aromatic heterocycles. The molecule has 4 heteroatoms. The van der Waals surface area contributed by atoms with Crippen LogP contribution in [0, 0.1) is 13.8 Å². The number of benzene rings is 1. The third-order valence-corrected chi connectivity index (χ3v) is 2.66. The van der Waals surface area contributed by atoms with Gasteiger partial charge in [-0.05, 0) is 33.3 Å². The molecule has 96 valence electrons. The van der Waals surface area contributed by atoms with Crippen LogP contribution in [0.3, 0.4) is 0 Å². The molecule has 1 aromatic carbocycles. The monoisotopic (exact) mass is 245 g/mol. The van der Waals surface area contributed by atoms with Crippen LogP contribution in [0.5, 0.6) is 0 Å². The van der Waals surface area contributed by atoms with Crippen molar-refractivity contribution in [2.75, 3.05) is 0 Å². The minimum Gasteiger partial charge on any atom is -0.337 e. The van der Waals surface area contributed by atoms with Crippen molar-refractivity contribution in [3.05, 3.63) is 46.6 Å². The van der Waals surface area contributed by atoms with Gasteiger partial charge in [0.05, 0.1) is 5.54 Å². The molecule has 0 spiro atoms. The van der Waals surface area contributed by atoms with Gasteiger partial charge in [-0.2, -0.15) is 4.98 Å². The molecule has 0 radical (unpaired) electrons. The predicted molar refractivity (Wildman–Crippen MR) is 70.2 cm³/mol. The van der Waals surface area contributed by atoms with Crippen molar-refractivity contribution in [1.82, 2.24) is 10.1 Å². The highest BCUT2D eigenvalue weighted by molar-refractivity contribution is 5.30. The van der Waals surface area contributed by atoms with E-state index < -0.39 is 5.54 Å². The quantitative estimate of drug-likeness (QED) is 0.902. The van der Waals surface area contributed by atoms with E-state index >= 15 is 0 Å². The molecule has 1 heterocycles. The summed E-state index contributed by atoms with van der Waals surface area (Å²) >= 11 is 0. The van der Waals surface area contributed by atoms with Crippen LogP contribution in [-0.4, -0.2) is 10.1 Å². The zero-order valence-corrected chi connectivity index (χ0v) is 11.3. The predicted octanol–water partition coefficient (Wildman–Crippen LogP) is 2.47. The molecule has 2 N–H and O–H groups in total. The van der Waals surface area contributed by atoms with Crippen molar-refractivity contribution in [2.24, 2.45) is 5.73 Å². The smallest absolute Gasteiger partial charge is 0.246 e. The molecule has 2 rings (SSSR count). The molecule has 0 saturated carbocycles. The van der Waals surface area contributed by atoms with Crippen LogP contribution in [0.1, 0.15) is 42.3 Å². The summed E-state index contributed by atoms with van der Waals surface area (Å²) in [5.74, 6) is 1.15. The number of hydrogen-bond acceptors (Lipinski definition) is 4. The summed E-state index contributed by atoms with van der Waals surface area (Å²) in [6.45, 7) is 7.87. The summed E-state index contributed by atoms with van der Waals surface area (Å²) in [4.78, 5) is 4.33. The molecular weight excluding hydrogens is 226 g/mol. The number of nitrogens with two attached hydrogens (primary N) is 1. The van der Waals surface area contributed by atoms with Gasteiger partial charge in [0, 0.05) is 6.42 Å². The molecule has 18 heavy (non-hydrogen) atoms. The third kappa shape index (κ3) is 2.96. The summed E-state index contributed by atoms with van der Waals surface area (Å²) in [6.07, 6.45) is 0.669. The Morgan fingerprint density at radius 2 is 1.78 bits per heavy atom. The molecule has 0 bridgehead atoms. The van der Waals surface area contributed by atoms with E-state index in [9.17, 15) is 0 Å². The minimum atomic E-state index is -0.590. The van der Waals surface area contributed by atoms with Crippen LogP contribution in [-0.2, 0) is 12.0 Å². The van der Waals surface area contributed by atoms with Crippen molar-refractivity contribution in [2.45, 2.75) is 39.7 Å². The normalized spacial score (nSPS) is 11.8. The lowest BCUT2D eigenvalue weighted by Gasteiger charge is -2.10. The largest absolute Gasteiger partial charge is 0.337 e. The van der Waals surface area contributed by atoms with Crippen LogP contribution in [0.15, 0.2) is 22.7 Å². The standard InChI is InChI=1S/C14H19N3O/c1-9-5-10(2)7-11(6-9)8-12-16-13(18-17-12)14(3,4)15/h5-7H,8,15H2,1-4H3. The van der Waals surface area contributed by atoms with Gasteiger partial charge in [-0.3, -0.25) is 0 Å². The maximum atomic E-state index is 5.92. The molecule has 0 aliphatic rings. The maximum absolute atomic E-state index is 5.92. The fraction of sp³-hybridized carbons (Fsp3) is 0.429. The summed E-state index contributed by atoms with van der Waals surface area (Å²) in [5.41, 5.74) is 9.00. The number of aryl methyl sites for hydroxylation is 2. The Morgan fingerprint density at radius 3 is 2.28 bits per heavy atom. The fourth-order valence-corrected chi connectivity index (χ4v) is 1.94. The second-order valence-corrected chi connectivity index (χ2v) is 5.41. The highest BCUT2D eigenvalue weighted by Crippen LogP contribution is 2.16. The molecule has 0 unspecified atom stereocenters. The first kappa shape index (κ1) is 12.8. The summed E-state index contributed by atoms with van der Waals surface area (Å²) in [6, 6.07) is 6.42. The van der Waals surface area contributed by atoms with Gasteiger partial charge in [0.2, 0.25) is 5.89 Å². The SMILES string of the molecule is Cc1cc(C)cc(Cc2noc(C(C)(C)N)n2)c1. The summed E-state index contributed by atoms with van der Waals surface area (Å²) in [7, 11) is 0. The molecule has 4 nitrogen and oxygen atoms in total. The molecule has 0 amide bonds. The van der Waals surface area contributed by atoms with E-state index in [-0.39, 0.29) is 0 Å². The Balaban J connectivity index is 2.21. The van der Waals surface area contributed by atoms with Crippen molar-refractivity contribution in [3.8, 4) is 0 Å². The number of hydrogen-bond donors (Lipinski definition) is 1. The van der Waals surface area contributed by atoms with Crippen molar-refractivity contribution < 1.29 is 4.52 Å². The number of aromatic nitrogens is 2. The van der Waals surface area contributed by atoms with E-state index in [4.69, 9.17) is 10.3 Å². The Labute approximate surface area is 107 Å². The van der Waals surface area contributed by atoms with Crippen LogP contribution in [0.2, 0.25) is 0 Å². The minimum absolute atomic E-state index is 0.474. The second-order valence-electron chi connectivity index (χ2n) is 5.41. The molecule has 0 aliphatic heterocycles. The Bertz CT molecular complexity index is 532. The van der Waals surface area contributed by atoms with E-state index in [1.165, 1.54) is 16.7 Å². The highest BCUT2D eigenvalue weighted by Gasteiger charge is 2.22. The zero-order valence-electron chi connectivity index (χ0n) is 11.3. The van der Waals surface area contributed by atoms with E-state index in [0.29, 0.717) is 18.1 Å². The van der Waals surface area contributed by atoms with Crippen molar-refractivity contribution in [1.29, 1.82) is 0 Å². The van der Waals surface area contributed by atoms with Gasteiger partial charge in [-0.1, -0.05) is 34.5 Å².